The molecule has 27 heavy (non-hydrogen) atoms. The highest BCUT2D eigenvalue weighted by atomic mass is 32.1. The zero-order valence-corrected chi connectivity index (χ0v) is 16.1. The van der Waals surface area contributed by atoms with Gasteiger partial charge in [-0.25, -0.2) is 0 Å². The van der Waals surface area contributed by atoms with Crippen LogP contribution in [0.15, 0.2) is 48.5 Å². The van der Waals surface area contributed by atoms with Crippen molar-refractivity contribution in [3.63, 3.8) is 0 Å². The van der Waals surface area contributed by atoms with Gasteiger partial charge in [-0.1, -0.05) is 0 Å². The number of Topliss-reactive ketones (excluding diaryl/α,β-unsaturated/α-hetero) is 1. The first-order valence-electron chi connectivity index (χ1n) is 8.53. The maximum Gasteiger partial charge on any atom is 0.257 e. The molecule has 0 atom stereocenters. The number of hydrogen-bond acceptors (Lipinski definition) is 5. The Kier molecular flexibility index (Phi) is 7.91. The minimum absolute atomic E-state index is 0.0113. The summed E-state index contributed by atoms with van der Waals surface area (Å²) in [5, 5.41) is 5.70. The molecule has 0 heterocycles. The quantitative estimate of drug-likeness (QED) is 0.411. The lowest BCUT2D eigenvalue weighted by atomic mass is 10.1. The van der Waals surface area contributed by atoms with Gasteiger partial charge in [0.2, 0.25) is 0 Å². The first-order valence-corrected chi connectivity index (χ1v) is 8.94. The largest absolute Gasteiger partial charge is 0.491 e. The van der Waals surface area contributed by atoms with Crippen LogP contribution in [0.5, 0.6) is 5.75 Å². The molecule has 0 bridgehead atoms. The SMILES string of the molecule is CCOCCOc1ccc(C(=O)NC(=S)Nc2ccc(C(C)=O)cc2)cc1. The van der Waals surface area contributed by atoms with Crippen molar-refractivity contribution in [1.82, 2.24) is 5.32 Å². The fraction of sp³-hybridized carbons (Fsp3) is 0.250. The normalized spacial score (nSPS) is 10.1. The number of carbonyl (C=O) groups excluding carboxylic acids is 2. The molecule has 0 aliphatic carbocycles. The number of ketones is 1. The topological polar surface area (TPSA) is 76.7 Å². The number of nitrogens with one attached hydrogen (secondary N) is 2. The molecule has 2 aromatic rings. The lowest BCUT2D eigenvalue weighted by molar-refractivity contribution is 0.0975. The van der Waals surface area contributed by atoms with Gasteiger partial charge in [-0.3, -0.25) is 14.9 Å². The lowest BCUT2D eigenvalue weighted by Gasteiger charge is -2.10. The Bertz CT molecular complexity index is 789. The Balaban J connectivity index is 1.84. The zero-order chi connectivity index (χ0) is 19.6. The van der Waals surface area contributed by atoms with Gasteiger partial charge in [0.15, 0.2) is 10.9 Å². The van der Waals surface area contributed by atoms with Crippen molar-refractivity contribution < 1.29 is 19.1 Å². The maximum absolute atomic E-state index is 12.3. The van der Waals surface area contributed by atoms with E-state index >= 15 is 0 Å². The summed E-state index contributed by atoms with van der Waals surface area (Å²) < 4.78 is 10.7. The average Bonchev–Trinajstić information content (AvgIpc) is 2.66. The summed E-state index contributed by atoms with van der Waals surface area (Å²) in [5.74, 6) is 0.328. The molecule has 2 aromatic carbocycles. The molecule has 0 aliphatic heterocycles. The van der Waals surface area contributed by atoms with E-state index in [1.807, 2.05) is 6.92 Å². The van der Waals surface area contributed by atoms with Crippen molar-refractivity contribution in [3.05, 3.63) is 59.7 Å². The summed E-state index contributed by atoms with van der Waals surface area (Å²) >= 11 is 5.16. The molecule has 2 rings (SSSR count). The van der Waals surface area contributed by atoms with Crippen LogP contribution in [0.3, 0.4) is 0 Å². The molecule has 0 aliphatic rings. The molecule has 6 nitrogen and oxygen atoms in total. The lowest BCUT2D eigenvalue weighted by Crippen LogP contribution is -2.34. The van der Waals surface area contributed by atoms with Crippen molar-refractivity contribution in [1.29, 1.82) is 0 Å². The predicted molar refractivity (Wildman–Crippen MR) is 109 cm³/mol. The van der Waals surface area contributed by atoms with Crippen LogP contribution in [-0.2, 0) is 4.74 Å². The fourth-order valence-electron chi connectivity index (χ4n) is 2.19. The van der Waals surface area contributed by atoms with Gasteiger partial charge in [0, 0.05) is 23.4 Å². The minimum Gasteiger partial charge on any atom is -0.491 e. The van der Waals surface area contributed by atoms with Gasteiger partial charge in [0.25, 0.3) is 5.91 Å². The molecule has 1 amide bonds. The van der Waals surface area contributed by atoms with E-state index in [0.717, 1.165) is 0 Å². The number of hydrogen-bond donors (Lipinski definition) is 2. The van der Waals surface area contributed by atoms with Crippen molar-refractivity contribution >= 4 is 34.7 Å². The molecule has 0 unspecified atom stereocenters. The summed E-state index contributed by atoms with van der Waals surface area (Å²) in [6, 6.07) is 13.6. The van der Waals surface area contributed by atoms with E-state index in [9.17, 15) is 9.59 Å². The number of amides is 1. The van der Waals surface area contributed by atoms with Crippen LogP contribution in [-0.4, -0.2) is 36.6 Å². The van der Waals surface area contributed by atoms with E-state index in [4.69, 9.17) is 21.7 Å². The monoisotopic (exact) mass is 386 g/mol. The molecule has 0 spiro atoms. The average molecular weight is 386 g/mol. The third-order valence-electron chi connectivity index (χ3n) is 3.59. The summed E-state index contributed by atoms with van der Waals surface area (Å²) in [7, 11) is 0. The number of anilines is 1. The van der Waals surface area contributed by atoms with E-state index in [1.165, 1.54) is 6.92 Å². The van der Waals surface area contributed by atoms with Gasteiger partial charge >= 0.3 is 0 Å². The molecule has 0 fully saturated rings. The van der Waals surface area contributed by atoms with Crippen LogP contribution in [0.1, 0.15) is 34.6 Å². The maximum atomic E-state index is 12.3. The van der Waals surface area contributed by atoms with E-state index in [-0.39, 0.29) is 16.8 Å². The second kappa shape index (κ2) is 10.4. The third kappa shape index (κ3) is 6.80. The van der Waals surface area contributed by atoms with Gasteiger partial charge < -0.3 is 14.8 Å². The number of thiocarbonyl (C=S) groups is 1. The third-order valence-corrected chi connectivity index (χ3v) is 3.80. The smallest absolute Gasteiger partial charge is 0.257 e. The molecule has 7 heteroatoms. The van der Waals surface area contributed by atoms with E-state index in [1.54, 1.807) is 48.5 Å². The van der Waals surface area contributed by atoms with Gasteiger partial charge in [-0.15, -0.1) is 0 Å². The Hall–Kier alpha value is -2.77. The Morgan fingerprint density at radius 2 is 1.59 bits per heavy atom. The molecule has 0 saturated heterocycles. The van der Waals surface area contributed by atoms with Crippen LogP contribution < -0.4 is 15.4 Å². The summed E-state index contributed by atoms with van der Waals surface area (Å²) in [4.78, 5) is 23.5. The highest BCUT2D eigenvalue weighted by molar-refractivity contribution is 7.80. The molecule has 0 saturated carbocycles. The minimum atomic E-state index is -0.325. The van der Waals surface area contributed by atoms with Gasteiger partial charge in [0.1, 0.15) is 12.4 Å². The summed E-state index contributed by atoms with van der Waals surface area (Å²) in [6.07, 6.45) is 0. The van der Waals surface area contributed by atoms with Gasteiger partial charge in [-0.05, 0) is 74.6 Å². The summed E-state index contributed by atoms with van der Waals surface area (Å²) in [5.41, 5.74) is 1.76. The van der Waals surface area contributed by atoms with Crippen molar-refractivity contribution in [3.8, 4) is 5.75 Å². The van der Waals surface area contributed by atoms with Crippen LogP contribution in [0, 0.1) is 0 Å². The Morgan fingerprint density at radius 1 is 0.963 bits per heavy atom. The fourth-order valence-corrected chi connectivity index (χ4v) is 2.40. The Morgan fingerprint density at radius 3 is 2.19 bits per heavy atom. The van der Waals surface area contributed by atoms with Crippen molar-refractivity contribution in [2.75, 3.05) is 25.1 Å². The second-order valence-electron chi connectivity index (χ2n) is 5.61. The molecule has 0 radical (unpaired) electrons. The van der Waals surface area contributed by atoms with Crippen molar-refractivity contribution in [2.45, 2.75) is 13.8 Å². The number of rotatable bonds is 8. The zero-order valence-electron chi connectivity index (χ0n) is 15.3. The van der Waals surface area contributed by atoms with Crippen LogP contribution in [0.25, 0.3) is 0 Å². The van der Waals surface area contributed by atoms with E-state index in [2.05, 4.69) is 10.6 Å². The molecule has 2 N–H and O–H groups in total. The highest BCUT2D eigenvalue weighted by Gasteiger charge is 2.08. The van der Waals surface area contributed by atoms with E-state index < -0.39 is 0 Å². The number of ether oxygens (including phenoxy) is 2. The van der Waals surface area contributed by atoms with Crippen LogP contribution in [0.2, 0.25) is 0 Å². The predicted octanol–water partition coefficient (Wildman–Crippen LogP) is 3.43. The van der Waals surface area contributed by atoms with Gasteiger partial charge in [-0.2, -0.15) is 0 Å². The van der Waals surface area contributed by atoms with Crippen LogP contribution >= 0.6 is 12.2 Å². The molecule has 142 valence electrons. The van der Waals surface area contributed by atoms with Crippen molar-refractivity contribution in [2.24, 2.45) is 0 Å². The second-order valence-corrected chi connectivity index (χ2v) is 6.02. The molecular formula is C20H22N2O4S. The highest BCUT2D eigenvalue weighted by Crippen LogP contribution is 2.13. The number of carbonyl (C=O) groups is 2. The first kappa shape index (κ1) is 20.5. The molecular weight excluding hydrogens is 364 g/mol. The Labute approximate surface area is 163 Å². The first-order chi connectivity index (χ1) is 13.0. The number of benzene rings is 2. The van der Waals surface area contributed by atoms with E-state index in [0.29, 0.717) is 42.4 Å². The molecule has 0 aromatic heterocycles. The van der Waals surface area contributed by atoms with Gasteiger partial charge in [0.05, 0.1) is 6.61 Å². The summed E-state index contributed by atoms with van der Waals surface area (Å²) in [6.45, 7) is 5.05. The standard InChI is InChI=1S/C20H22N2O4S/c1-3-25-12-13-26-18-10-6-16(7-11-18)19(24)22-20(27)21-17-8-4-15(5-9-17)14(2)23/h4-11H,3,12-13H2,1-2H3,(H2,21,22,24,27). The van der Waals surface area contributed by atoms with Crippen LogP contribution in [0.4, 0.5) is 5.69 Å².